The van der Waals surface area contributed by atoms with E-state index in [1.165, 1.54) is 14.2 Å². The van der Waals surface area contributed by atoms with E-state index in [2.05, 4.69) is 32.6 Å². The predicted octanol–water partition coefficient (Wildman–Crippen LogP) is 2.84. The zero-order valence-electron chi connectivity index (χ0n) is 17.5. The first-order valence-corrected chi connectivity index (χ1v) is 11.4. The second-order valence-electron chi connectivity index (χ2n) is 6.71. The number of carbonyl (C=O) groups excluding carboxylic acids is 3. The molecule has 0 bridgehead atoms. The first-order chi connectivity index (χ1) is 14.9. The third-order valence-corrected chi connectivity index (χ3v) is 6.36. The molecule has 1 aliphatic heterocycles. The van der Waals surface area contributed by atoms with Crippen LogP contribution in [0.1, 0.15) is 31.2 Å². The van der Waals surface area contributed by atoms with Crippen LogP contribution in [0.15, 0.2) is 33.3 Å². The van der Waals surface area contributed by atoms with Crippen LogP contribution in [0.5, 0.6) is 5.75 Å². The molecule has 0 saturated carbocycles. The van der Waals surface area contributed by atoms with E-state index in [0.717, 1.165) is 24.6 Å². The molecule has 0 aromatic heterocycles. The Morgan fingerprint density at radius 1 is 1.35 bits per heavy atom. The van der Waals surface area contributed by atoms with E-state index in [1.807, 2.05) is 6.92 Å². The first-order valence-electron chi connectivity index (χ1n) is 9.63. The summed E-state index contributed by atoms with van der Waals surface area (Å²) >= 11 is 4.46. The van der Waals surface area contributed by atoms with Gasteiger partial charge >= 0.3 is 5.97 Å². The maximum Gasteiger partial charge on any atom is 0.319 e. The van der Waals surface area contributed by atoms with Gasteiger partial charge in [-0.3, -0.25) is 14.4 Å². The van der Waals surface area contributed by atoms with E-state index in [0.29, 0.717) is 22.3 Å². The van der Waals surface area contributed by atoms with E-state index in [-0.39, 0.29) is 22.3 Å². The summed E-state index contributed by atoms with van der Waals surface area (Å²) in [6.07, 6.45) is 1.83. The monoisotopic (exact) mass is 509 g/mol. The number of nitrogens with one attached hydrogen (secondary N) is 2. The maximum atomic E-state index is 12.8. The van der Waals surface area contributed by atoms with Crippen LogP contribution in [-0.2, 0) is 19.1 Å². The number of thioether (sulfide) groups is 1. The van der Waals surface area contributed by atoms with Crippen molar-refractivity contribution < 1.29 is 23.9 Å². The van der Waals surface area contributed by atoms with Crippen molar-refractivity contribution in [3.05, 3.63) is 38.8 Å². The summed E-state index contributed by atoms with van der Waals surface area (Å²) < 4.78 is 10.7. The molecule has 2 amide bonds. The highest BCUT2D eigenvalue weighted by atomic mass is 79.9. The largest absolute Gasteiger partial charge is 0.496 e. The highest BCUT2D eigenvalue weighted by Crippen LogP contribution is 2.41. The van der Waals surface area contributed by atoms with E-state index in [9.17, 15) is 19.6 Å². The molecule has 0 fully saturated rings. The van der Waals surface area contributed by atoms with E-state index in [4.69, 9.17) is 9.47 Å². The molecule has 1 aromatic carbocycles. The lowest BCUT2D eigenvalue weighted by molar-refractivity contribution is -0.150. The molecule has 2 atom stereocenters. The summed E-state index contributed by atoms with van der Waals surface area (Å²) in [7, 11) is 2.71. The lowest BCUT2D eigenvalue weighted by Crippen LogP contribution is -2.44. The second kappa shape index (κ2) is 11.8. The van der Waals surface area contributed by atoms with Crippen molar-refractivity contribution >= 4 is 45.5 Å². The Bertz CT molecular complexity index is 928. The summed E-state index contributed by atoms with van der Waals surface area (Å²) in [5.74, 6) is -3.02. The summed E-state index contributed by atoms with van der Waals surface area (Å²) in [6.45, 7) is 2.59. The molecular formula is C21H24BrN3O5S. The third kappa shape index (κ3) is 6.02. The standard InChI is InChI=1S/C21H24BrN3O5S/c1-4-5-8-24-16(26)11-31-20-13(10-23)17(18(19(27)25-20)21(28)30-3)12-6-7-15(29-2)14(22)9-12/h6-7,9,17-18H,4-5,8,11H2,1-3H3,(H,24,26)(H,25,27)/t17-,18-/m0/s1. The average molecular weight is 510 g/mol. The van der Waals surface area contributed by atoms with Crippen molar-refractivity contribution in [1.29, 1.82) is 5.26 Å². The summed E-state index contributed by atoms with van der Waals surface area (Å²) in [4.78, 5) is 37.3. The van der Waals surface area contributed by atoms with Crippen molar-refractivity contribution in [3.8, 4) is 11.8 Å². The van der Waals surface area contributed by atoms with Gasteiger partial charge in [-0.05, 0) is 40.0 Å². The molecule has 0 radical (unpaired) electrons. The molecule has 1 heterocycles. The molecule has 0 spiro atoms. The van der Waals surface area contributed by atoms with Gasteiger partial charge in [0.2, 0.25) is 11.8 Å². The van der Waals surface area contributed by atoms with Gasteiger partial charge in [-0.15, -0.1) is 0 Å². The van der Waals surface area contributed by atoms with E-state index >= 15 is 0 Å². The number of unbranched alkanes of at least 4 members (excludes halogenated alkanes) is 1. The van der Waals surface area contributed by atoms with Crippen LogP contribution in [0.3, 0.4) is 0 Å². The van der Waals surface area contributed by atoms with Crippen LogP contribution < -0.4 is 15.4 Å². The molecular weight excluding hydrogens is 486 g/mol. The van der Waals surface area contributed by atoms with Crippen molar-refractivity contribution in [3.63, 3.8) is 0 Å². The molecule has 166 valence electrons. The number of hydrogen-bond donors (Lipinski definition) is 2. The van der Waals surface area contributed by atoms with Gasteiger partial charge in [-0.2, -0.15) is 5.26 Å². The number of nitriles is 1. The van der Waals surface area contributed by atoms with Gasteiger partial charge in [-0.25, -0.2) is 0 Å². The van der Waals surface area contributed by atoms with Crippen LogP contribution in [-0.4, -0.2) is 44.3 Å². The number of methoxy groups -OCH3 is 2. The van der Waals surface area contributed by atoms with Crippen molar-refractivity contribution in [2.75, 3.05) is 26.5 Å². The number of rotatable bonds is 9. The number of amides is 2. The first kappa shape index (κ1) is 24.8. The number of carbonyl (C=O) groups is 3. The quantitative estimate of drug-likeness (QED) is 0.298. The van der Waals surface area contributed by atoms with Gasteiger partial charge in [0.05, 0.1) is 41.1 Å². The van der Waals surface area contributed by atoms with Gasteiger partial charge in [0.15, 0.2) is 0 Å². The zero-order valence-corrected chi connectivity index (χ0v) is 19.9. The molecule has 1 aromatic rings. The maximum absolute atomic E-state index is 12.8. The Kier molecular flexibility index (Phi) is 9.40. The van der Waals surface area contributed by atoms with Crippen molar-refractivity contribution in [2.45, 2.75) is 25.7 Å². The van der Waals surface area contributed by atoms with E-state index in [1.54, 1.807) is 18.2 Å². The molecule has 31 heavy (non-hydrogen) atoms. The Morgan fingerprint density at radius 2 is 2.10 bits per heavy atom. The van der Waals surface area contributed by atoms with E-state index < -0.39 is 23.7 Å². The number of benzene rings is 1. The van der Waals surface area contributed by atoms with Crippen LogP contribution in [0.2, 0.25) is 0 Å². The fourth-order valence-electron chi connectivity index (χ4n) is 3.15. The normalized spacial score (nSPS) is 18.1. The van der Waals surface area contributed by atoms with Crippen LogP contribution in [0.4, 0.5) is 0 Å². The number of halogens is 1. The van der Waals surface area contributed by atoms with Gasteiger partial charge in [0.25, 0.3) is 0 Å². The Labute approximate surface area is 193 Å². The third-order valence-electron chi connectivity index (χ3n) is 4.72. The molecule has 1 aliphatic rings. The number of allylic oxidation sites excluding steroid dienone is 1. The topological polar surface area (TPSA) is 118 Å². The van der Waals surface area contributed by atoms with Crippen molar-refractivity contribution in [1.82, 2.24) is 10.6 Å². The fourth-order valence-corrected chi connectivity index (χ4v) is 4.59. The van der Waals surface area contributed by atoms with Crippen molar-refractivity contribution in [2.24, 2.45) is 5.92 Å². The summed E-state index contributed by atoms with van der Waals surface area (Å²) in [5.41, 5.74) is 0.762. The second-order valence-corrected chi connectivity index (χ2v) is 8.55. The van der Waals surface area contributed by atoms with Crippen LogP contribution >= 0.6 is 27.7 Å². The minimum Gasteiger partial charge on any atom is -0.496 e. The SMILES string of the molecule is CCCCNC(=O)CSC1=C(C#N)[C@H](c2ccc(OC)c(Br)c2)[C@H](C(=O)OC)C(=O)N1. The highest BCUT2D eigenvalue weighted by molar-refractivity contribution is 9.10. The lowest BCUT2D eigenvalue weighted by atomic mass is 9.78. The fraction of sp³-hybridized carbons (Fsp3) is 0.429. The minimum atomic E-state index is -1.23. The minimum absolute atomic E-state index is 0.0342. The van der Waals surface area contributed by atoms with Gasteiger partial charge < -0.3 is 20.1 Å². The van der Waals surface area contributed by atoms with Crippen LogP contribution in [0, 0.1) is 17.2 Å². The molecule has 8 nitrogen and oxygen atoms in total. The smallest absolute Gasteiger partial charge is 0.319 e. The van der Waals surface area contributed by atoms with Gasteiger partial charge in [-0.1, -0.05) is 31.2 Å². The lowest BCUT2D eigenvalue weighted by Gasteiger charge is -2.31. The summed E-state index contributed by atoms with van der Waals surface area (Å²) in [5, 5.41) is 15.6. The van der Waals surface area contributed by atoms with Gasteiger partial charge in [0, 0.05) is 12.5 Å². The average Bonchev–Trinajstić information content (AvgIpc) is 2.76. The van der Waals surface area contributed by atoms with Crippen LogP contribution in [0.25, 0.3) is 0 Å². The number of hydrogen-bond acceptors (Lipinski definition) is 7. The Hall–Kier alpha value is -2.51. The molecule has 0 unspecified atom stereocenters. The molecule has 2 rings (SSSR count). The predicted molar refractivity (Wildman–Crippen MR) is 120 cm³/mol. The highest BCUT2D eigenvalue weighted by Gasteiger charge is 2.44. The summed E-state index contributed by atoms with van der Waals surface area (Å²) in [6, 6.07) is 7.20. The molecule has 2 N–H and O–H groups in total. The Balaban J connectivity index is 2.42. The van der Waals surface area contributed by atoms with Gasteiger partial charge in [0.1, 0.15) is 11.7 Å². The molecule has 10 heteroatoms. The number of nitrogens with zero attached hydrogens (tertiary/aromatic N) is 1. The zero-order chi connectivity index (χ0) is 23.0. The molecule has 0 aliphatic carbocycles. The number of ether oxygens (including phenoxy) is 2. The Morgan fingerprint density at radius 3 is 2.68 bits per heavy atom. The number of esters is 1. The molecule has 0 saturated heterocycles.